The van der Waals surface area contributed by atoms with Crippen LogP contribution >= 0.6 is 0 Å². The number of hydrogen-bond acceptors (Lipinski definition) is 4. The first-order chi connectivity index (χ1) is 9.86. The van der Waals surface area contributed by atoms with Crippen molar-refractivity contribution in [2.24, 2.45) is 0 Å². The second kappa shape index (κ2) is 11.7. The summed E-state index contributed by atoms with van der Waals surface area (Å²) < 4.78 is 16.0. The van der Waals surface area contributed by atoms with Gasteiger partial charge in [0, 0.05) is 13.7 Å². The summed E-state index contributed by atoms with van der Waals surface area (Å²) in [6, 6.07) is 7.99. The molecule has 0 bridgehead atoms. The second-order valence-electron chi connectivity index (χ2n) is 4.68. The summed E-state index contributed by atoms with van der Waals surface area (Å²) in [7, 11) is 1.67. The van der Waals surface area contributed by atoms with Crippen molar-refractivity contribution in [1.29, 1.82) is 0 Å². The van der Waals surface area contributed by atoms with Gasteiger partial charge in [0.25, 0.3) is 0 Å². The van der Waals surface area contributed by atoms with Crippen LogP contribution in [0.4, 0.5) is 0 Å². The van der Waals surface area contributed by atoms with Crippen LogP contribution in [0.1, 0.15) is 31.2 Å². The highest BCUT2D eigenvalue weighted by molar-refractivity contribution is 5.26. The fourth-order valence-electron chi connectivity index (χ4n) is 1.77. The Kier molecular flexibility index (Phi) is 9.92. The molecule has 0 aliphatic carbocycles. The molecule has 0 unspecified atom stereocenters. The lowest BCUT2D eigenvalue weighted by Crippen LogP contribution is -2.02. The zero-order valence-electron chi connectivity index (χ0n) is 12.3. The van der Waals surface area contributed by atoms with E-state index >= 15 is 0 Å². The van der Waals surface area contributed by atoms with Crippen LogP contribution in [0.15, 0.2) is 24.3 Å². The van der Waals surface area contributed by atoms with E-state index in [2.05, 4.69) is 0 Å². The van der Waals surface area contributed by atoms with Crippen LogP contribution in [0.2, 0.25) is 0 Å². The number of unbranched alkanes of at least 4 members (excludes halogenated alkanes) is 3. The van der Waals surface area contributed by atoms with Gasteiger partial charge in [0.2, 0.25) is 0 Å². The normalized spacial score (nSPS) is 10.7. The maximum atomic E-state index is 8.67. The highest BCUT2D eigenvalue weighted by atomic mass is 16.5. The number of aliphatic hydroxyl groups is 1. The molecular formula is C16H26O4. The molecule has 0 aromatic heterocycles. The van der Waals surface area contributed by atoms with Gasteiger partial charge in [-0.1, -0.05) is 18.6 Å². The van der Waals surface area contributed by atoms with Gasteiger partial charge < -0.3 is 19.3 Å². The quantitative estimate of drug-likeness (QED) is 0.599. The SMILES string of the molecule is COCCOCc1ccc(OCCCCCCO)cc1. The monoisotopic (exact) mass is 282 g/mol. The zero-order valence-corrected chi connectivity index (χ0v) is 12.3. The van der Waals surface area contributed by atoms with Crippen LogP contribution in [0, 0.1) is 0 Å². The smallest absolute Gasteiger partial charge is 0.119 e. The van der Waals surface area contributed by atoms with Crippen LogP contribution in [-0.2, 0) is 16.1 Å². The Hall–Kier alpha value is -1.10. The molecule has 4 nitrogen and oxygen atoms in total. The first kappa shape index (κ1) is 17.0. The van der Waals surface area contributed by atoms with Crippen molar-refractivity contribution in [3.63, 3.8) is 0 Å². The average Bonchev–Trinajstić information content (AvgIpc) is 2.49. The van der Waals surface area contributed by atoms with E-state index in [1.54, 1.807) is 7.11 Å². The number of methoxy groups -OCH3 is 1. The molecular weight excluding hydrogens is 256 g/mol. The van der Waals surface area contributed by atoms with Gasteiger partial charge in [0.05, 0.1) is 26.4 Å². The lowest BCUT2D eigenvalue weighted by molar-refractivity contribution is 0.0616. The van der Waals surface area contributed by atoms with Gasteiger partial charge >= 0.3 is 0 Å². The van der Waals surface area contributed by atoms with E-state index in [0.717, 1.165) is 43.6 Å². The molecule has 0 fully saturated rings. The molecule has 1 rings (SSSR count). The summed E-state index contributed by atoms with van der Waals surface area (Å²) in [6.45, 7) is 2.86. The molecule has 0 heterocycles. The first-order valence-electron chi connectivity index (χ1n) is 7.26. The molecule has 0 radical (unpaired) electrons. The van der Waals surface area contributed by atoms with Crippen molar-refractivity contribution in [3.05, 3.63) is 29.8 Å². The van der Waals surface area contributed by atoms with E-state index < -0.39 is 0 Å². The van der Waals surface area contributed by atoms with Crippen LogP contribution in [-0.4, -0.2) is 38.6 Å². The Morgan fingerprint density at radius 1 is 0.900 bits per heavy atom. The number of benzene rings is 1. The molecule has 0 atom stereocenters. The summed E-state index contributed by atoms with van der Waals surface area (Å²) in [5.41, 5.74) is 1.14. The Morgan fingerprint density at radius 3 is 2.35 bits per heavy atom. The topological polar surface area (TPSA) is 47.9 Å². The third-order valence-electron chi connectivity index (χ3n) is 2.95. The minimum absolute atomic E-state index is 0.286. The minimum atomic E-state index is 0.286. The predicted molar refractivity (Wildman–Crippen MR) is 79.0 cm³/mol. The van der Waals surface area contributed by atoms with Gasteiger partial charge in [-0.05, 0) is 37.0 Å². The van der Waals surface area contributed by atoms with E-state index in [-0.39, 0.29) is 6.61 Å². The van der Waals surface area contributed by atoms with Gasteiger partial charge in [0.15, 0.2) is 0 Å². The molecule has 0 amide bonds. The van der Waals surface area contributed by atoms with Gasteiger partial charge in [-0.25, -0.2) is 0 Å². The van der Waals surface area contributed by atoms with Crippen molar-refractivity contribution < 1.29 is 19.3 Å². The second-order valence-corrected chi connectivity index (χ2v) is 4.68. The third kappa shape index (κ3) is 8.15. The van der Waals surface area contributed by atoms with Crippen molar-refractivity contribution >= 4 is 0 Å². The van der Waals surface area contributed by atoms with Gasteiger partial charge in [0.1, 0.15) is 5.75 Å². The summed E-state index contributed by atoms with van der Waals surface area (Å²) >= 11 is 0. The molecule has 0 saturated carbocycles. The van der Waals surface area contributed by atoms with Crippen LogP contribution < -0.4 is 4.74 Å². The number of rotatable bonds is 12. The highest BCUT2D eigenvalue weighted by Crippen LogP contribution is 2.13. The van der Waals surface area contributed by atoms with Gasteiger partial charge in [-0.15, -0.1) is 0 Å². The van der Waals surface area contributed by atoms with Gasteiger partial charge in [-0.2, -0.15) is 0 Å². The zero-order chi connectivity index (χ0) is 14.5. The fourth-order valence-corrected chi connectivity index (χ4v) is 1.77. The summed E-state index contributed by atoms with van der Waals surface area (Å²) in [4.78, 5) is 0. The first-order valence-corrected chi connectivity index (χ1v) is 7.26. The molecule has 0 aliphatic heterocycles. The van der Waals surface area contributed by atoms with Gasteiger partial charge in [-0.3, -0.25) is 0 Å². The summed E-state index contributed by atoms with van der Waals surface area (Å²) in [5.74, 6) is 0.896. The molecule has 0 saturated heterocycles. The largest absolute Gasteiger partial charge is 0.494 e. The molecule has 20 heavy (non-hydrogen) atoms. The lowest BCUT2D eigenvalue weighted by atomic mass is 10.2. The maximum Gasteiger partial charge on any atom is 0.119 e. The van der Waals surface area contributed by atoms with E-state index in [9.17, 15) is 0 Å². The average molecular weight is 282 g/mol. The molecule has 4 heteroatoms. The van der Waals surface area contributed by atoms with Crippen LogP contribution in [0.5, 0.6) is 5.75 Å². The molecule has 114 valence electrons. The Bertz CT molecular complexity index is 324. The summed E-state index contributed by atoms with van der Waals surface area (Å²) in [5, 5.41) is 8.67. The van der Waals surface area contributed by atoms with Crippen molar-refractivity contribution in [1.82, 2.24) is 0 Å². The highest BCUT2D eigenvalue weighted by Gasteiger charge is 1.97. The van der Waals surface area contributed by atoms with E-state index in [0.29, 0.717) is 19.8 Å². The fraction of sp³-hybridized carbons (Fsp3) is 0.625. The Morgan fingerprint density at radius 2 is 1.65 bits per heavy atom. The summed E-state index contributed by atoms with van der Waals surface area (Å²) in [6.07, 6.45) is 4.09. The molecule has 0 aliphatic rings. The van der Waals surface area contributed by atoms with Crippen LogP contribution in [0.3, 0.4) is 0 Å². The van der Waals surface area contributed by atoms with Crippen molar-refractivity contribution in [2.75, 3.05) is 33.5 Å². The maximum absolute atomic E-state index is 8.67. The lowest BCUT2D eigenvalue weighted by Gasteiger charge is -2.07. The Labute approximate surface area is 121 Å². The standard InChI is InChI=1S/C16H26O4/c1-18-12-13-19-14-15-6-8-16(9-7-15)20-11-5-3-2-4-10-17/h6-9,17H,2-5,10-14H2,1H3. The third-order valence-corrected chi connectivity index (χ3v) is 2.95. The molecule has 0 spiro atoms. The van der Waals surface area contributed by atoms with E-state index in [1.807, 2.05) is 24.3 Å². The number of ether oxygens (including phenoxy) is 3. The number of aliphatic hydroxyl groups excluding tert-OH is 1. The number of hydrogen-bond donors (Lipinski definition) is 1. The molecule has 1 aromatic rings. The molecule has 1 aromatic carbocycles. The molecule has 1 N–H and O–H groups in total. The predicted octanol–water partition coefficient (Wildman–Crippen LogP) is 2.78. The van der Waals surface area contributed by atoms with Crippen molar-refractivity contribution in [3.8, 4) is 5.75 Å². The van der Waals surface area contributed by atoms with Crippen molar-refractivity contribution in [2.45, 2.75) is 32.3 Å². The van der Waals surface area contributed by atoms with E-state index in [4.69, 9.17) is 19.3 Å². The van der Waals surface area contributed by atoms with Crippen LogP contribution in [0.25, 0.3) is 0 Å². The minimum Gasteiger partial charge on any atom is -0.494 e. The van der Waals surface area contributed by atoms with E-state index in [1.165, 1.54) is 0 Å². The Balaban J connectivity index is 2.12.